The maximum absolute atomic E-state index is 13.2. The van der Waals surface area contributed by atoms with Gasteiger partial charge in [-0.3, -0.25) is 4.79 Å². The zero-order chi connectivity index (χ0) is 28.2. The number of amides is 1. The van der Waals surface area contributed by atoms with Gasteiger partial charge in [0.25, 0.3) is 0 Å². The van der Waals surface area contributed by atoms with E-state index in [1.807, 2.05) is 0 Å². The van der Waals surface area contributed by atoms with Crippen molar-refractivity contribution in [1.82, 2.24) is 9.62 Å². The van der Waals surface area contributed by atoms with Crippen molar-refractivity contribution in [3.8, 4) is 0 Å². The summed E-state index contributed by atoms with van der Waals surface area (Å²) < 4.78 is 92.4. The molecule has 1 spiro atoms. The van der Waals surface area contributed by atoms with Gasteiger partial charge in [0, 0.05) is 50.1 Å². The molecule has 2 aromatic carbocycles. The number of carbonyl (C=O) groups excluding carboxylic acids is 1. The predicted octanol–water partition coefficient (Wildman–Crippen LogP) is 5.72. The Morgan fingerprint density at radius 1 is 0.846 bits per heavy atom. The number of carbonyl (C=O) groups is 1. The molecule has 3 heterocycles. The highest BCUT2D eigenvalue weighted by atomic mass is 32.5. The molecule has 1 amide bonds. The first-order valence-electron chi connectivity index (χ1n) is 12.8. The predicted molar refractivity (Wildman–Crippen MR) is 141 cm³/mol. The van der Waals surface area contributed by atoms with Crippen LogP contribution in [0, 0.1) is 5.41 Å². The number of nitrogens with one attached hydrogen (secondary N) is 2. The van der Waals surface area contributed by atoms with Crippen molar-refractivity contribution < 1.29 is 32.6 Å². The van der Waals surface area contributed by atoms with Gasteiger partial charge in [0.05, 0.1) is 10.3 Å². The van der Waals surface area contributed by atoms with Crippen molar-refractivity contribution in [2.45, 2.75) is 47.9 Å². The number of anilines is 2. The lowest BCUT2D eigenvalue weighted by atomic mass is 9.77. The molecule has 0 atom stereocenters. The van der Waals surface area contributed by atoms with Crippen molar-refractivity contribution in [2.24, 2.45) is 5.41 Å². The van der Waals surface area contributed by atoms with Gasteiger partial charge < -0.3 is 15.5 Å². The van der Waals surface area contributed by atoms with Crippen molar-refractivity contribution in [3.63, 3.8) is 0 Å². The summed E-state index contributed by atoms with van der Waals surface area (Å²) in [6.45, 7) is 2.59. The number of hydrogen-bond donors (Lipinski definition) is 2. The fourth-order valence-electron chi connectivity index (χ4n) is 5.65. The Morgan fingerprint density at radius 3 is 1.95 bits per heavy atom. The summed E-state index contributed by atoms with van der Waals surface area (Å²) in [6, 6.07) is 9.17. The highest BCUT2D eigenvalue weighted by molar-refractivity contribution is 8.45. The SMILES string of the molecule is O=C1NCCC12CCN(c1ccc(S(=O)(=O)N3CCC(Nc4ccc(S(F)(F)(F)(F)F)cc4)CC3)cc1)CC2. The molecule has 3 aliphatic heterocycles. The van der Waals surface area contributed by atoms with Gasteiger partial charge >= 0.3 is 10.2 Å². The van der Waals surface area contributed by atoms with E-state index >= 15 is 0 Å². The monoisotopic (exact) mass is 594 g/mol. The lowest BCUT2D eigenvalue weighted by Crippen LogP contribution is -2.44. The molecule has 0 bridgehead atoms. The summed E-state index contributed by atoms with van der Waals surface area (Å²) >= 11 is 0. The van der Waals surface area contributed by atoms with Crippen LogP contribution in [-0.4, -0.2) is 57.4 Å². The molecule has 2 aromatic rings. The molecule has 216 valence electrons. The second-order valence-electron chi connectivity index (χ2n) is 10.6. The van der Waals surface area contributed by atoms with E-state index in [1.54, 1.807) is 24.3 Å². The van der Waals surface area contributed by atoms with Gasteiger partial charge in [-0.25, -0.2) is 8.42 Å². The third kappa shape index (κ3) is 5.82. The van der Waals surface area contributed by atoms with E-state index in [4.69, 9.17) is 0 Å². The molecule has 0 unspecified atom stereocenters. The molecule has 0 aromatic heterocycles. The van der Waals surface area contributed by atoms with Crippen LogP contribution in [0.15, 0.2) is 58.3 Å². The zero-order valence-corrected chi connectivity index (χ0v) is 22.7. The van der Waals surface area contributed by atoms with Crippen LogP contribution >= 0.6 is 10.2 Å². The Bertz CT molecular complexity index is 1340. The summed E-state index contributed by atoms with van der Waals surface area (Å²) in [5.41, 5.74) is 0.888. The maximum atomic E-state index is 13.2. The molecule has 7 nitrogen and oxygen atoms in total. The van der Waals surface area contributed by atoms with Crippen LogP contribution in [0.5, 0.6) is 0 Å². The minimum absolute atomic E-state index is 0.132. The average Bonchev–Trinajstić information content (AvgIpc) is 3.23. The molecule has 5 rings (SSSR count). The lowest BCUT2D eigenvalue weighted by molar-refractivity contribution is -0.128. The number of sulfonamides is 1. The first kappa shape index (κ1) is 28.0. The number of piperidine rings is 2. The number of benzene rings is 2. The smallest absolute Gasteiger partial charge is 0.310 e. The fourth-order valence-corrected chi connectivity index (χ4v) is 7.77. The maximum Gasteiger partial charge on any atom is 0.310 e. The van der Waals surface area contributed by atoms with Crippen molar-refractivity contribution in [1.29, 1.82) is 0 Å². The molecule has 3 fully saturated rings. The second-order valence-corrected chi connectivity index (χ2v) is 14.9. The van der Waals surface area contributed by atoms with Gasteiger partial charge in [0.2, 0.25) is 15.9 Å². The first-order chi connectivity index (χ1) is 18.1. The molecule has 3 saturated heterocycles. The Hall–Kier alpha value is -2.58. The van der Waals surface area contributed by atoms with Gasteiger partial charge in [-0.05, 0) is 80.6 Å². The standard InChI is InChI=1S/C25H31F5N4O3S2/c26-39(27,28,29,30)23-7-1-19(2-8-23)32-20-9-15-34(16-10-20)38(36,37)22-5-3-21(4-6-22)33-17-12-25(13-18-33)11-14-31-24(25)35/h1-8,20,32H,9-18H2,(H,31,35). The summed E-state index contributed by atoms with van der Waals surface area (Å²) in [6.07, 6.45) is 3.20. The molecule has 0 saturated carbocycles. The number of hydrogen-bond acceptors (Lipinski definition) is 5. The average molecular weight is 595 g/mol. The summed E-state index contributed by atoms with van der Waals surface area (Å²) in [5.74, 6) is 0.132. The van der Waals surface area contributed by atoms with Crippen LogP contribution < -0.4 is 15.5 Å². The fraction of sp³-hybridized carbons (Fsp3) is 0.480. The molecule has 2 N–H and O–H groups in total. The number of rotatable bonds is 6. The Kier molecular flexibility index (Phi) is 6.43. The van der Waals surface area contributed by atoms with Crippen LogP contribution in [0.2, 0.25) is 0 Å². The quantitative estimate of drug-likeness (QED) is 0.419. The molecule has 14 heteroatoms. The van der Waals surface area contributed by atoms with E-state index in [1.165, 1.54) is 4.31 Å². The van der Waals surface area contributed by atoms with Crippen LogP contribution in [0.3, 0.4) is 0 Å². The van der Waals surface area contributed by atoms with Crippen molar-refractivity contribution in [3.05, 3.63) is 48.5 Å². The topological polar surface area (TPSA) is 81.8 Å². The van der Waals surface area contributed by atoms with Crippen LogP contribution in [0.1, 0.15) is 32.1 Å². The molecule has 0 aliphatic carbocycles. The van der Waals surface area contributed by atoms with Gasteiger partial charge in [-0.2, -0.15) is 4.31 Å². The van der Waals surface area contributed by atoms with E-state index in [0.29, 0.717) is 25.0 Å². The third-order valence-corrected chi connectivity index (χ3v) is 11.1. The highest BCUT2D eigenvalue weighted by Gasteiger charge is 2.65. The Morgan fingerprint density at radius 2 is 1.44 bits per heavy atom. The van der Waals surface area contributed by atoms with Crippen LogP contribution in [-0.2, 0) is 14.8 Å². The minimum atomic E-state index is -9.72. The lowest BCUT2D eigenvalue weighted by Gasteiger charge is -2.40. The summed E-state index contributed by atoms with van der Waals surface area (Å²) in [4.78, 5) is 12.6. The van der Waals surface area contributed by atoms with Crippen LogP contribution in [0.4, 0.5) is 30.8 Å². The summed E-state index contributed by atoms with van der Waals surface area (Å²) in [5, 5.41) is 5.93. The van der Waals surface area contributed by atoms with Gasteiger partial charge in [0.1, 0.15) is 4.90 Å². The van der Waals surface area contributed by atoms with Gasteiger partial charge in [-0.1, -0.05) is 19.4 Å². The first-order valence-corrected chi connectivity index (χ1v) is 16.2. The largest absolute Gasteiger partial charge is 0.382 e. The Labute approximate surface area is 224 Å². The van der Waals surface area contributed by atoms with E-state index < -0.39 is 25.1 Å². The number of halogens is 5. The molecular formula is C25H31F5N4O3S2. The minimum Gasteiger partial charge on any atom is -0.382 e. The second kappa shape index (κ2) is 8.96. The molecular weight excluding hydrogens is 563 g/mol. The summed E-state index contributed by atoms with van der Waals surface area (Å²) in [7, 11) is -13.5. The number of nitrogens with zero attached hydrogens (tertiary/aromatic N) is 2. The van der Waals surface area contributed by atoms with Crippen molar-refractivity contribution in [2.75, 3.05) is 42.9 Å². The molecule has 3 aliphatic rings. The Balaban J connectivity index is 1.16. The molecule has 39 heavy (non-hydrogen) atoms. The van der Waals surface area contributed by atoms with Crippen LogP contribution in [0.25, 0.3) is 0 Å². The third-order valence-electron chi connectivity index (χ3n) is 8.06. The van der Waals surface area contributed by atoms with E-state index in [-0.39, 0.29) is 41.0 Å². The van der Waals surface area contributed by atoms with E-state index in [0.717, 1.165) is 56.7 Å². The van der Waals surface area contributed by atoms with E-state index in [2.05, 4.69) is 15.5 Å². The molecule has 0 radical (unpaired) electrons. The van der Waals surface area contributed by atoms with Gasteiger partial charge in [0.15, 0.2) is 0 Å². The van der Waals surface area contributed by atoms with E-state index in [9.17, 15) is 32.6 Å². The van der Waals surface area contributed by atoms with Gasteiger partial charge in [-0.15, -0.1) is 0 Å². The normalized spacial score (nSPS) is 22.8. The highest BCUT2D eigenvalue weighted by Crippen LogP contribution is 3.02. The van der Waals surface area contributed by atoms with Crippen molar-refractivity contribution >= 4 is 37.5 Å². The zero-order valence-electron chi connectivity index (χ0n) is 21.1.